The zero-order valence-corrected chi connectivity index (χ0v) is 9.84. The molecule has 2 aromatic rings. The minimum Gasteiger partial charge on any atom is -0.374 e. The number of nitrogens with zero attached hydrogens (tertiary/aromatic N) is 2. The summed E-state index contributed by atoms with van der Waals surface area (Å²) < 4.78 is 0. The Kier molecular flexibility index (Phi) is 2.68. The zero-order valence-electron chi connectivity index (χ0n) is 9.84. The molecular formula is C14H13N3O. The number of para-hydroxylation sites is 2. The van der Waals surface area contributed by atoms with Gasteiger partial charge in [-0.15, -0.1) is 0 Å². The minimum absolute atomic E-state index is 0.0884. The van der Waals surface area contributed by atoms with E-state index in [0.717, 1.165) is 16.9 Å². The van der Waals surface area contributed by atoms with Crippen LogP contribution in [-0.2, 0) is 11.3 Å². The van der Waals surface area contributed by atoms with Gasteiger partial charge in [0.2, 0.25) is 5.91 Å². The van der Waals surface area contributed by atoms with Crippen molar-refractivity contribution >= 4 is 17.3 Å². The number of rotatable bonds is 2. The standard InChI is InChI=1S/C14H13N3O/c18-14-9-16-12-3-1-2-4-13(12)17(14)10-11-5-7-15-8-6-11/h1-8,16H,9-10H2. The third kappa shape index (κ3) is 1.93. The van der Waals surface area contributed by atoms with Gasteiger partial charge in [-0.3, -0.25) is 9.78 Å². The van der Waals surface area contributed by atoms with Crippen LogP contribution in [0.15, 0.2) is 48.8 Å². The second-order valence-electron chi connectivity index (χ2n) is 4.21. The minimum atomic E-state index is 0.0884. The maximum Gasteiger partial charge on any atom is 0.246 e. The van der Waals surface area contributed by atoms with E-state index in [0.29, 0.717) is 13.1 Å². The van der Waals surface area contributed by atoms with Crippen molar-refractivity contribution in [2.24, 2.45) is 0 Å². The molecule has 4 heteroatoms. The highest BCUT2D eigenvalue weighted by Crippen LogP contribution is 2.29. The van der Waals surface area contributed by atoms with Crippen molar-refractivity contribution in [2.45, 2.75) is 6.54 Å². The lowest BCUT2D eigenvalue weighted by molar-refractivity contribution is -0.117. The lowest BCUT2D eigenvalue weighted by Gasteiger charge is -2.30. The number of hydrogen-bond donors (Lipinski definition) is 1. The predicted molar refractivity (Wildman–Crippen MR) is 70.4 cm³/mol. The highest BCUT2D eigenvalue weighted by Gasteiger charge is 2.23. The summed E-state index contributed by atoms with van der Waals surface area (Å²) >= 11 is 0. The fourth-order valence-electron chi connectivity index (χ4n) is 2.10. The largest absolute Gasteiger partial charge is 0.374 e. The van der Waals surface area contributed by atoms with Crippen molar-refractivity contribution < 1.29 is 4.79 Å². The van der Waals surface area contributed by atoms with Crippen molar-refractivity contribution in [2.75, 3.05) is 16.8 Å². The third-order valence-electron chi connectivity index (χ3n) is 3.02. The first-order valence-electron chi connectivity index (χ1n) is 5.87. The highest BCUT2D eigenvalue weighted by molar-refractivity contribution is 6.02. The number of aromatic nitrogens is 1. The Morgan fingerprint density at radius 3 is 2.78 bits per heavy atom. The predicted octanol–water partition coefficient (Wildman–Crippen LogP) is 2.04. The first kappa shape index (κ1) is 10.8. The molecule has 0 unspecified atom stereocenters. The molecule has 1 aromatic heterocycles. The topological polar surface area (TPSA) is 45.2 Å². The van der Waals surface area contributed by atoms with Crippen LogP contribution in [0.5, 0.6) is 0 Å². The zero-order chi connectivity index (χ0) is 12.4. The van der Waals surface area contributed by atoms with Gasteiger partial charge in [0.1, 0.15) is 0 Å². The van der Waals surface area contributed by atoms with E-state index in [9.17, 15) is 4.79 Å². The van der Waals surface area contributed by atoms with Gasteiger partial charge in [0.25, 0.3) is 0 Å². The van der Waals surface area contributed by atoms with Crippen molar-refractivity contribution in [1.29, 1.82) is 0 Å². The lowest BCUT2D eigenvalue weighted by atomic mass is 10.1. The second kappa shape index (κ2) is 4.49. The Balaban J connectivity index is 1.94. The molecule has 1 amide bonds. The number of amides is 1. The Bertz CT molecular complexity index is 568. The molecule has 18 heavy (non-hydrogen) atoms. The summed E-state index contributed by atoms with van der Waals surface area (Å²) in [5.74, 6) is 0.0884. The molecule has 0 bridgehead atoms. The van der Waals surface area contributed by atoms with Crippen molar-refractivity contribution in [3.05, 3.63) is 54.4 Å². The monoisotopic (exact) mass is 239 g/mol. The first-order valence-corrected chi connectivity index (χ1v) is 5.87. The molecule has 90 valence electrons. The van der Waals surface area contributed by atoms with E-state index in [2.05, 4.69) is 10.3 Å². The maximum atomic E-state index is 12.0. The lowest BCUT2D eigenvalue weighted by Crippen LogP contribution is -2.39. The summed E-state index contributed by atoms with van der Waals surface area (Å²) in [5.41, 5.74) is 3.02. The highest BCUT2D eigenvalue weighted by atomic mass is 16.2. The number of pyridine rings is 1. The van der Waals surface area contributed by atoms with Gasteiger partial charge in [0.15, 0.2) is 0 Å². The summed E-state index contributed by atoms with van der Waals surface area (Å²) in [7, 11) is 0. The van der Waals surface area contributed by atoms with Crippen LogP contribution < -0.4 is 10.2 Å². The van der Waals surface area contributed by atoms with Gasteiger partial charge in [0, 0.05) is 12.4 Å². The molecule has 1 N–H and O–H groups in total. The summed E-state index contributed by atoms with van der Waals surface area (Å²) in [4.78, 5) is 17.8. The van der Waals surface area contributed by atoms with Gasteiger partial charge in [-0.25, -0.2) is 0 Å². The Hall–Kier alpha value is -2.36. The molecule has 4 nitrogen and oxygen atoms in total. The van der Waals surface area contributed by atoms with Crippen LogP contribution in [0.4, 0.5) is 11.4 Å². The quantitative estimate of drug-likeness (QED) is 0.872. The first-order chi connectivity index (χ1) is 8.84. The molecule has 0 spiro atoms. The maximum absolute atomic E-state index is 12.0. The third-order valence-corrected chi connectivity index (χ3v) is 3.02. The molecule has 0 aliphatic carbocycles. The molecule has 1 aromatic carbocycles. The van der Waals surface area contributed by atoms with Gasteiger partial charge >= 0.3 is 0 Å². The van der Waals surface area contributed by atoms with Gasteiger partial charge in [-0.2, -0.15) is 0 Å². The Labute approximate surface area is 105 Å². The molecule has 1 aliphatic heterocycles. The van der Waals surface area contributed by atoms with E-state index in [1.807, 2.05) is 36.4 Å². The van der Waals surface area contributed by atoms with E-state index < -0.39 is 0 Å². The van der Waals surface area contributed by atoms with Gasteiger partial charge < -0.3 is 10.2 Å². The average Bonchev–Trinajstić information content (AvgIpc) is 2.43. The van der Waals surface area contributed by atoms with Crippen molar-refractivity contribution in [3.63, 3.8) is 0 Å². The van der Waals surface area contributed by atoms with Gasteiger partial charge in [-0.1, -0.05) is 12.1 Å². The van der Waals surface area contributed by atoms with Gasteiger partial charge in [-0.05, 0) is 29.8 Å². The Morgan fingerprint density at radius 2 is 1.94 bits per heavy atom. The number of benzene rings is 1. The van der Waals surface area contributed by atoms with Crippen LogP contribution in [0.2, 0.25) is 0 Å². The van der Waals surface area contributed by atoms with E-state index in [1.54, 1.807) is 17.3 Å². The SMILES string of the molecule is O=C1CNc2ccccc2N1Cc1ccncc1. The van der Waals surface area contributed by atoms with Crippen LogP contribution >= 0.6 is 0 Å². The van der Waals surface area contributed by atoms with E-state index in [-0.39, 0.29) is 5.91 Å². The number of nitrogens with one attached hydrogen (secondary N) is 1. The summed E-state index contributed by atoms with van der Waals surface area (Å²) in [6, 6.07) is 11.7. The van der Waals surface area contributed by atoms with Crippen molar-refractivity contribution in [3.8, 4) is 0 Å². The smallest absolute Gasteiger partial charge is 0.246 e. The normalized spacial score (nSPS) is 14.0. The summed E-state index contributed by atoms with van der Waals surface area (Å²) in [6.07, 6.45) is 3.49. The van der Waals surface area contributed by atoms with Crippen LogP contribution in [0.3, 0.4) is 0 Å². The fraction of sp³-hybridized carbons (Fsp3) is 0.143. The molecule has 3 rings (SSSR count). The number of hydrogen-bond acceptors (Lipinski definition) is 3. The van der Waals surface area contributed by atoms with Crippen molar-refractivity contribution in [1.82, 2.24) is 4.98 Å². The average molecular weight is 239 g/mol. The van der Waals surface area contributed by atoms with Gasteiger partial charge in [0.05, 0.1) is 24.5 Å². The van der Waals surface area contributed by atoms with Crippen LogP contribution in [0.1, 0.15) is 5.56 Å². The van der Waals surface area contributed by atoms with E-state index in [1.165, 1.54) is 0 Å². The molecule has 2 heterocycles. The van der Waals surface area contributed by atoms with E-state index >= 15 is 0 Å². The number of carbonyl (C=O) groups excluding carboxylic acids is 1. The number of anilines is 2. The molecule has 0 atom stereocenters. The number of fused-ring (bicyclic) bond motifs is 1. The molecule has 0 saturated carbocycles. The molecule has 0 saturated heterocycles. The van der Waals surface area contributed by atoms with Crippen LogP contribution in [0, 0.1) is 0 Å². The summed E-state index contributed by atoms with van der Waals surface area (Å²) in [6.45, 7) is 0.933. The fourth-order valence-corrected chi connectivity index (χ4v) is 2.10. The summed E-state index contributed by atoms with van der Waals surface area (Å²) in [5, 5.41) is 3.12. The van der Waals surface area contributed by atoms with Crippen LogP contribution in [0.25, 0.3) is 0 Å². The molecule has 1 aliphatic rings. The van der Waals surface area contributed by atoms with E-state index in [4.69, 9.17) is 0 Å². The Morgan fingerprint density at radius 1 is 1.17 bits per heavy atom. The molecular weight excluding hydrogens is 226 g/mol. The molecule has 0 fully saturated rings. The second-order valence-corrected chi connectivity index (χ2v) is 4.21. The number of carbonyl (C=O) groups is 1. The molecule has 0 radical (unpaired) electrons. The van der Waals surface area contributed by atoms with Crippen LogP contribution in [-0.4, -0.2) is 17.4 Å².